The lowest BCUT2D eigenvalue weighted by Crippen LogP contribution is -2.37. The number of thiophene rings is 1. The van der Waals surface area contributed by atoms with Crippen LogP contribution in [0.3, 0.4) is 0 Å². The molecule has 1 heterocycles. The van der Waals surface area contributed by atoms with E-state index in [-0.39, 0.29) is 0 Å². The quantitative estimate of drug-likeness (QED) is 0.799. The molecule has 0 aliphatic rings. The number of carbonyl (C=O) groups is 2. The summed E-state index contributed by atoms with van der Waals surface area (Å²) in [6.07, 6.45) is 1.19. The first-order valence-corrected chi connectivity index (χ1v) is 7.33. The number of hydrogen-bond donors (Lipinski definition) is 2. The van der Waals surface area contributed by atoms with Gasteiger partial charge in [-0.2, -0.15) is 0 Å². The van der Waals surface area contributed by atoms with E-state index < -0.39 is 23.8 Å². The number of aliphatic hydroxyl groups is 1. The van der Waals surface area contributed by atoms with Gasteiger partial charge in [0.25, 0.3) is 0 Å². The number of fused-ring (bicyclic) bond motifs is 1. The van der Waals surface area contributed by atoms with Crippen molar-refractivity contribution in [2.45, 2.75) is 18.9 Å². The average Bonchev–Trinajstić information content (AvgIpc) is 2.87. The van der Waals surface area contributed by atoms with Gasteiger partial charge in [0.05, 0.1) is 18.4 Å². The number of carboxylic acids is 1. The van der Waals surface area contributed by atoms with Crippen molar-refractivity contribution in [3.63, 3.8) is 0 Å². The third-order valence-electron chi connectivity index (χ3n) is 3.33. The van der Waals surface area contributed by atoms with Crippen LogP contribution in [-0.4, -0.2) is 34.7 Å². The molecule has 0 saturated carbocycles. The molecule has 22 heavy (non-hydrogen) atoms. The van der Waals surface area contributed by atoms with E-state index in [2.05, 4.69) is 6.58 Å². The topological polar surface area (TPSA) is 83.8 Å². The Labute approximate surface area is 131 Å². The third kappa shape index (κ3) is 3.03. The molecule has 0 amide bonds. The number of hydrogen-bond acceptors (Lipinski definition) is 5. The minimum absolute atomic E-state index is 0.403. The van der Waals surface area contributed by atoms with Gasteiger partial charge in [0.15, 0.2) is 11.4 Å². The van der Waals surface area contributed by atoms with Crippen LogP contribution in [0.1, 0.15) is 28.6 Å². The molecule has 0 fully saturated rings. The van der Waals surface area contributed by atoms with Gasteiger partial charge in [-0.3, -0.25) is 4.79 Å². The molecule has 0 saturated heterocycles. The van der Waals surface area contributed by atoms with Crippen LogP contribution < -0.4 is 4.74 Å². The van der Waals surface area contributed by atoms with Crippen molar-refractivity contribution in [3.05, 3.63) is 35.2 Å². The Kier molecular flexibility index (Phi) is 4.35. The van der Waals surface area contributed by atoms with Crippen LogP contribution in [0.15, 0.2) is 24.8 Å². The van der Waals surface area contributed by atoms with Crippen LogP contribution in [-0.2, 0) is 4.79 Å². The molecule has 5 nitrogen and oxygen atoms in total. The van der Waals surface area contributed by atoms with Crippen LogP contribution in [0, 0.1) is 0 Å². The molecular formula is C16H16O5S. The number of rotatable bonds is 6. The molecule has 6 heteroatoms. The highest BCUT2D eigenvalue weighted by atomic mass is 32.1. The van der Waals surface area contributed by atoms with Gasteiger partial charge in [-0.25, -0.2) is 4.79 Å². The highest BCUT2D eigenvalue weighted by Gasteiger charge is 2.33. The molecule has 2 aromatic rings. The van der Waals surface area contributed by atoms with Crippen molar-refractivity contribution < 1.29 is 24.5 Å². The second-order valence-electron chi connectivity index (χ2n) is 5.13. The summed E-state index contributed by atoms with van der Waals surface area (Å²) in [6.45, 7) is 4.82. The van der Waals surface area contributed by atoms with Crippen LogP contribution >= 0.6 is 11.3 Å². The zero-order valence-electron chi connectivity index (χ0n) is 12.3. The first-order chi connectivity index (χ1) is 10.3. The Morgan fingerprint density at radius 1 is 1.41 bits per heavy atom. The lowest BCUT2D eigenvalue weighted by Gasteiger charge is -2.15. The standard InChI is InChI=1S/C16H16O5S/c1-4-9-5-10-6-14(22-13(10)7-12(9)21-3)11(17)8-16(2,20)15(18)19/h4-7,20H,1,8H2,2-3H3,(H,18,19). The van der Waals surface area contributed by atoms with Crippen LogP contribution in [0.25, 0.3) is 16.2 Å². The van der Waals surface area contributed by atoms with Gasteiger partial charge < -0.3 is 14.9 Å². The fourth-order valence-electron chi connectivity index (χ4n) is 2.03. The van der Waals surface area contributed by atoms with Crippen molar-refractivity contribution in [1.29, 1.82) is 0 Å². The largest absolute Gasteiger partial charge is 0.496 e. The molecule has 0 aliphatic carbocycles. The second-order valence-corrected chi connectivity index (χ2v) is 6.21. The van der Waals surface area contributed by atoms with Crippen LogP contribution in [0.5, 0.6) is 5.75 Å². The Morgan fingerprint density at radius 3 is 2.64 bits per heavy atom. The highest BCUT2D eigenvalue weighted by molar-refractivity contribution is 7.20. The summed E-state index contributed by atoms with van der Waals surface area (Å²) in [5, 5.41) is 19.4. The van der Waals surface area contributed by atoms with Crippen molar-refractivity contribution in [2.24, 2.45) is 0 Å². The molecule has 1 aromatic carbocycles. The van der Waals surface area contributed by atoms with E-state index in [4.69, 9.17) is 9.84 Å². The van der Waals surface area contributed by atoms with E-state index in [1.165, 1.54) is 11.3 Å². The van der Waals surface area contributed by atoms with Crippen molar-refractivity contribution >= 4 is 39.3 Å². The van der Waals surface area contributed by atoms with Gasteiger partial charge in [-0.15, -0.1) is 11.3 Å². The molecular weight excluding hydrogens is 304 g/mol. The van der Waals surface area contributed by atoms with E-state index >= 15 is 0 Å². The number of methoxy groups -OCH3 is 1. The predicted octanol–water partition coefficient (Wildman–Crippen LogP) is 2.96. The number of ketones is 1. The molecule has 2 rings (SSSR count). The summed E-state index contributed by atoms with van der Waals surface area (Å²) in [6, 6.07) is 5.35. The Bertz CT molecular complexity index is 757. The van der Waals surface area contributed by atoms with Crippen LogP contribution in [0.2, 0.25) is 0 Å². The molecule has 0 aliphatic heterocycles. The Hall–Kier alpha value is -2.18. The van der Waals surface area contributed by atoms with Crippen molar-refractivity contribution in [1.82, 2.24) is 0 Å². The first kappa shape index (κ1) is 16.2. The van der Waals surface area contributed by atoms with Gasteiger partial charge in [0.1, 0.15) is 5.75 Å². The Balaban J connectivity index is 2.39. The number of ether oxygens (including phenoxy) is 1. The first-order valence-electron chi connectivity index (χ1n) is 6.51. The summed E-state index contributed by atoms with van der Waals surface area (Å²) >= 11 is 1.24. The summed E-state index contributed by atoms with van der Waals surface area (Å²) in [4.78, 5) is 23.5. The van der Waals surface area contributed by atoms with E-state index in [1.807, 2.05) is 12.1 Å². The number of benzene rings is 1. The van der Waals surface area contributed by atoms with Gasteiger partial charge in [0.2, 0.25) is 0 Å². The van der Waals surface area contributed by atoms with Crippen molar-refractivity contribution in [3.8, 4) is 5.75 Å². The predicted molar refractivity (Wildman–Crippen MR) is 85.7 cm³/mol. The van der Waals surface area contributed by atoms with E-state index in [9.17, 15) is 14.7 Å². The lowest BCUT2D eigenvalue weighted by molar-refractivity contribution is -0.156. The van der Waals surface area contributed by atoms with Gasteiger partial charge in [-0.1, -0.05) is 12.7 Å². The fourth-order valence-corrected chi connectivity index (χ4v) is 3.05. The Morgan fingerprint density at radius 2 is 2.09 bits per heavy atom. The zero-order valence-corrected chi connectivity index (χ0v) is 13.1. The number of carbonyl (C=O) groups excluding carboxylic acids is 1. The third-order valence-corrected chi connectivity index (χ3v) is 4.47. The van der Waals surface area contributed by atoms with E-state index in [0.29, 0.717) is 10.6 Å². The number of aliphatic carboxylic acids is 1. The van der Waals surface area contributed by atoms with Gasteiger partial charge in [0, 0.05) is 10.3 Å². The molecule has 1 atom stereocenters. The minimum Gasteiger partial charge on any atom is -0.496 e. The molecule has 2 N–H and O–H groups in total. The molecule has 0 bridgehead atoms. The number of carboxylic acid groups (broad SMARTS) is 1. The van der Waals surface area contributed by atoms with Crippen LogP contribution in [0.4, 0.5) is 0 Å². The lowest BCUT2D eigenvalue weighted by atomic mass is 9.99. The number of Topliss-reactive ketones (excluding diaryl/α,β-unsaturated/α-hetero) is 1. The SMILES string of the molecule is C=Cc1cc2cc(C(=O)CC(C)(O)C(=O)O)sc2cc1OC. The average molecular weight is 320 g/mol. The summed E-state index contributed by atoms with van der Waals surface area (Å²) in [5.74, 6) is -1.17. The van der Waals surface area contributed by atoms with Gasteiger partial charge >= 0.3 is 5.97 Å². The summed E-state index contributed by atoms with van der Waals surface area (Å²) in [7, 11) is 1.55. The smallest absolute Gasteiger partial charge is 0.335 e. The highest BCUT2D eigenvalue weighted by Crippen LogP contribution is 2.33. The molecule has 0 spiro atoms. The summed E-state index contributed by atoms with van der Waals surface area (Å²) in [5.41, 5.74) is -1.26. The van der Waals surface area contributed by atoms with Crippen molar-refractivity contribution in [2.75, 3.05) is 7.11 Å². The fraction of sp³-hybridized carbons (Fsp3) is 0.250. The molecule has 1 aromatic heterocycles. The maximum atomic E-state index is 12.2. The van der Waals surface area contributed by atoms with Gasteiger partial charge in [-0.05, 0) is 30.5 Å². The monoisotopic (exact) mass is 320 g/mol. The minimum atomic E-state index is -2.07. The van der Waals surface area contributed by atoms with E-state index in [0.717, 1.165) is 22.6 Å². The normalized spacial score (nSPS) is 13.6. The molecule has 0 radical (unpaired) electrons. The second kappa shape index (κ2) is 5.90. The maximum absolute atomic E-state index is 12.2. The van der Waals surface area contributed by atoms with E-state index in [1.54, 1.807) is 19.3 Å². The zero-order chi connectivity index (χ0) is 16.5. The summed E-state index contributed by atoms with van der Waals surface area (Å²) < 4.78 is 6.11. The molecule has 1 unspecified atom stereocenters. The maximum Gasteiger partial charge on any atom is 0.335 e. The molecule has 116 valence electrons.